The zero-order chi connectivity index (χ0) is 7.68. The van der Waals surface area contributed by atoms with Gasteiger partial charge in [-0.1, -0.05) is 12.1 Å². The Morgan fingerprint density at radius 2 is 2.36 bits per heavy atom. The van der Waals surface area contributed by atoms with Gasteiger partial charge >= 0.3 is 0 Å². The van der Waals surface area contributed by atoms with E-state index in [0.29, 0.717) is 0 Å². The number of aryl methyl sites for hydroxylation is 1. The number of rotatable bonds is 0. The maximum absolute atomic E-state index is 4.34. The molecule has 0 atom stereocenters. The molecule has 0 spiro atoms. The van der Waals surface area contributed by atoms with Crippen LogP contribution in [0.5, 0.6) is 0 Å². The normalized spacial score (nSPS) is 18.8. The van der Waals surface area contributed by atoms with Crippen molar-refractivity contribution in [3.05, 3.63) is 35.7 Å². The lowest BCUT2D eigenvalue weighted by molar-refractivity contribution is 1.08. The van der Waals surface area contributed by atoms with Gasteiger partial charge in [0, 0.05) is 6.20 Å². The van der Waals surface area contributed by atoms with Crippen LogP contribution in [0, 0.1) is 0 Å². The second-order valence-electron chi connectivity index (χ2n) is 2.83. The van der Waals surface area contributed by atoms with Gasteiger partial charge in [-0.2, -0.15) is 0 Å². The van der Waals surface area contributed by atoms with Crippen molar-refractivity contribution in [1.82, 2.24) is 4.98 Å². The van der Waals surface area contributed by atoms with Crippen LogP contribution in [0.4, 0.5) is 0 Å². The summed E-state index contributed by atoms with van der Waals surface area (Å²) in [5.74, 6) is 0. The maximum Gasteiger partial charge on any atom is 0.0690 e. The largest absolute Gasteiger partial charge is 0.256 e. The summed E-state index contributed by atoms with van der Waals surface area (Å²) < 4.78 is 0. The Balaban J connectivity index is 2.55. The van der Waals surface area contributed by atoms with Crippen molar-refractivity contribution >= 4 is 5.57 Å². The number of pyridine rings is 1. The summed E-state index contributed by atoms with van der Waals surface area (Å²) in [5.41, 5.74) is 4.02. The molecule has 0 fully saturated rings. The molecule has 0 aromatic carbocycles. The lowest BCUT2D eigenvalue weighted by atomic mass is 10.2. The van der Waals surface area contributed by atoms with Crippen molar-refractivity contribution < 1.29 is 0 Å². The molecule has 1 aromatic heterocycles. The number of hydrogen-bond donors (Lipinski definition) is 0. The molecule has 1 heterocycles. The molecule has 1 aromatic rings. The number of hydrogen-bond acceptors (Lipinski definition) is 1. The molecule has 11 heavy (non-hydrogen) atoms. The monoisotopic (exact) mass is 145 g/mol. The molecule has 0 radical (unpaired) electrons. The van der Waals surface area contributed by atoms with Crippen molar-refractivity contribution in [2.45, 2.75) is 19.8 Å². The van der Waals surface area contributed by atoms with Crippen LogP contribution in [-0.2, 0) is 6.42 Å². The highest BCUT2D eigenvalue weighted by molar-refractivity contribution is 5.69. The van der Waals surface area contributed by atoms with E-state index in [4.69, 9.17) is 0 Å². The summed E-state index contributed by atoms with van der Waals surface area (Å²) in [4.78, 5) is 4.34. The van der Waals surface area contributed by atoms with E-state index in [9.17, 15) is 0 Å². The smallest absolute Gasteiger partial charge is 0.0690 e. The fraction of sp³-hybridized carbons (Fsp3) is 0.300. The van der Waals surface area contributed by atoms with E-state index in [0.717, 1.165) is 0 Å². The van der Waals surface area contributed by atoms with Crippen LogP contribution in [0.3, 0.4) is 0 Å². The van der Waals surface area contributed by atoms with Crippen molar-refractivity contribution in [2.24, 2.45) is 0 Å². The first kappa shape index (κ1) is 6.59. The average molecular weight is 145 g/mol. The SMILES string of the molecule is C/C=C1\CCc2cccnc21. The fourth-order valence-electron chi connectivity index (χ4n) is 1.60. The van der Waals surface area contributed by atoms with Gasteiger partial charge in [-0.05, 0) is 37.0 Å². The molecule has 0 bridgehead atoms. The average Bonchev–Trinajstić information content (AvgIpc) is 2.47. The van der Waals surface area contributed by atoms with Crippen LogP contribution in [-0.4, -0.2) is 4.98 Å². The van der Waals surface area contributed by atoms with E-state index in [1.165, 1.54) is 29.7 Å². The molecular weight excluding hydrogens is 134 g/mol. The van der Waals surface area contributed by atoms with Crippen molar-refractivity contribution in [3.63, 3.8) is 0 Å². The number of aromatic nitrogens is 1. The first-order valence-corrected chi connectivity index (χ1v) is 4.01. The Morgan fingerprint density at radius 1 is 1.45 bits per heavy atom. The van der Waals surface area contributed by atoms with E-state index in [2.05, 4.69) is 24.1 Å². The fourth-order valence-corrected chi connectivity index (χ4v) is 1.60. The molecule has 1 aliphatic rings. The van der Waals surface area contributed by atoms with Crippen LogP contribution in [0.15, 0.2) is 24.4 Å². The van der Waals surface area contributed by atoms with Crippen molar-refractivity contribution in [3.8, 4) is 0 Å². The summed E-state index contributed by atoms with van der Waals surface area (Å²) in [7, 11) is 0. The van der Waals surface area contributed by atoms with Gasteiger partial charge in [0.15, 0.2) is 0 Å². The summed E-state index contributed by atoms with van der Waals surface area (Å²) in [6.45, 7) is 2.08. The van der Waals surface area contributed by atoms with Crippen LogP contribution in [0.1, 0.15) is 24.6 Å². The standard InChI is InChI=1S/C10H11N/c1-2-8-5-6-9-4-3-7-11-10(8)9/h2-4,7H,5-6H2,1H3/b8-2+. The van der Waals surface area contributed by atoms with E-state index in [1.54, 1.807) is 0 Å². The molecule has 0 saturated carbocycles. The van der Waals surface area contributed by atoms with Crippen molar-refractivity contribution in [1.29, 1.82) is 0 Å². The highest BCUT2D eigenvalue weighted by Crippen LogP contribution is 2.29. The van der Waals surface area contributed by atoms with Gasteiger partial charge in [0.25, 0.3) is 0 Å². The van der Waals surface area contributed by atoms with Gasteiger partial charge in [0.1, 0.15) is 0 Å². The molecule has 1 nitrogen and oxygen atoms in total. The molecular formula is C10H11N. The zero-order valence-corrected chi connectivity index (χ0v) is 6.67. The van der Waals surface area contributed by atoms with Gasteiger partial charge in [-0.15, -0.1) is 0 Å². The van der Waals surface area contributed by atoms with E-state index >= 15 is 0 Å². The third kappa shape index (κ3) is 0.967. The first-order valence-electron chi connectivity index (χ1n) is 4.01. The predicted octanol–water partition coefficient (Wildman–Crippen LogP) is 2.43. The molecule has 56 valence electrons. The molecule has 1 aliphatic carbocycles. The predicted molar refractivity (Wildman–Crippen MR) is 46.2 cm³/mol. The van der Waals surface area contributed by atoms with E-state index in [1.807, 2.05) is 12.3 Å². The van der Waals surface area contributed by atoms with Gasteiger partial charge in [-0.25, -0.2) is 0 Å². The molecule has 2 rings (SSSR count). The van der Waals surface area contributed by atoms with Crippen LogP contribution < -0.4 is 0 Å². The molecule has 1 heteroatoms. The topological polar surface area (TPSA) is 12.9 Å². The number of nitrogens with zero attached hydrogens (tertiary/aromatic N) is 1. The van der Waals surface area contributed by atoms with Gasteiger partial charge in [0.2, 0.25) is 0 Å². The van der Waals surface area contributed by atoms with Crippen molar-refractivity contribution in [2.75, 3.05) is 0 Å². The summed E-state index contributed by atoms with van der Waals surface area (Å²) >= 11 is 0. The third-order valence-electron chi connectivity index (χ3n) is 2.21. The van der Waals surface area contributed by atoms with E-state index in [-0.39, 0.29) is 0 Å². The summed E-state index contributed by atoms with van der Waals surface area (Å²) in [6, 6.07) is 4.18. The number of allylic oxidation sites excluding steroid dienone is 2. The third-order valence-corrected chi connectivity index (χ3v) is 2.21. The zero-order valence-electron chi connectivity index (χ0n) is 6.67. The van der Waals surface area contributed by atoms with Gasteiger partial charge < -0.3 is 0 Å². The minimum absolute atomic E-state index is 1.17. The Hall–Kier alpha value is -1.11. The molecule has 0 unspecified atom stereocenters. The number of fused-ring (bicyclic) bond motifs is 1. The van der Waals surface area contributed by atoms with Crippen LogP contribution in [0.2, 0.25) is 0 Å². The lowest BCUT2D eigenvalue weighted by Crippen LogP contribution is -1.83. The minimum Gasteiger partial charge on any atom is -0.256 e. The summed E-state index contributed by atoms with van der Waals surface area (Å²) in [6.07, 6.45) is 6.37. The highest BCUT2D eigenvalue weighted by atomic mass is 14.7. The molecule has 0 saturated heterocycles. The van der Waals surface area contributed by atoms with Gasteiger partial charge in [-0.3, -0.25) is 4.98 Å². The first-order chi connectivity index (χ1) is 5.42. The van der Waals surface area contributed by atoms with Crippen LogP contribution in [0.25, 0.3) is 5.57 Å². The highest BCUT2D eigenvalue weighted by Gasteiger charge is 2.14. The van der Waals surface area contributed by atoms with Gasteiger partial charge in [0.05, 0.1) is 5.69 Å². The second kappa shape index (κ2) is 2.50. The Bertz CT molecular complexity index is 299. The lowest BCUT2D eigenvalue weighted by Gasteiger charge is -1.96. The minimum atomic E-state index is 1.17. The Morgan fingerprint density at radius 3 is 3.18 bits per heavy atom. The quantitative estimate of drug-likeness (QED) is 0.546. The molecule has 0 amide bonds. The maximum atomic E-state index is 4.34. The molecule has 0 aliphatic heterocycles. The Kier molecular flexibility index (Phi) is 1.50. The second-order valence-corrected chi connectivity index (χ2v) is 2.83. The Labute approximate surface area is 66.8 Å². The molecule has 0 N–H and O–H groups in total. The summed E-state index contributed by atoms with van der Waals surface area (Å²) in [5, 5.41) is 0. The van der Waals surface area contributed by atoms with Crippen LogP contribution >= 0.6 is 0 Å². The van der Waals surface area contributed by atoms with E-state index < -0.39 is 0 Å².